The second-order valence-corrected chi connectivity index (χ2v) is 7.31. The van der Waals surface area contributed by atoms with Gasteiger partial charge in [0.1, 0.15) is 5.75 Å². The molecule has 0 N–H and O–H groups in total. The molecular formula is C18H14ClNO2S2. The third-order valence-electron chi connectivity index (χ3n) is 3.62. The predicted octanol–water partition coefficient (Wildman–Crippen LogP) is 5.06. The van der Waals surface area contributed by atoms with Crippen molar-refractivity contribution in [3.8, 4) is 5.75 Å². The van der Waals surface area contributed by atoms with E-state index in [1.165, 1.54) is 16.7 Å². The summed E-state index contributed by atoms with van der Waals surface area (Å²) < 4.78 is 5.64. The Kier molecular flexibility index (Phi) is 4.94. The van der Waals surface area contributed by atoms with Gasteiger partial charge < -0.3 is 4.74 Å². The number of rotatable bonds is 3. The van der Waals surface area contributed by atoms with E-state index < -0.39 is 0 Å². The number of anilines is 1. The van der Waals surface area contributed by atoms with Crippen molar-refractivity contribution < 1.29 is 9.53 Å². The first kappa shape index (κ1) is 17.0. The number of thioether (sulfide) groups is 1. The van der Waals surface area contributed by atoms with Gasteiger partial charge in [-0.25, -0.2) is 0 Å². The SMILES string of the molecule is COc1ccc(C=C2SC(=S)N(c3ccc(C)c(Cl)c3)C2=O)cc1. The number of nitrogens with zero attached hydrogens (tertiary/aromatic N) is 1. The van der Waals surface area contributed by atoms with Crippen molar-refractivity contribution in [2.45, 2.75) is 6.92 Å². The number of benzene rings is 2. The second kappa shape index (κ2) is 6.97. The third-order valence-corrected chi connectivity index (χ3v) is 5.33. The number of hydrogen-bond acceptors (Lipinski definition) is 4. The van der Waals surface area contributed by atoms with E-state index in [4.69, 9.17) is 28.6 Å². The van der Waals surface area contributed by atoms with Crippen LogP contribution in [0.25, 0.3) is 6.08 Å². The first-order valence-electron chi connectivity index (χ1n) is 7.18. The molecule has 1 aliphatic heterocycles. The highest BCUT2D eigenvalue weighted by Gasteiger charge is 2.33. The van der Waals surface area contributed by atoms with Gasteiger partial charge in [0.15, 0.2) is 4.32 Å². The topological polar surface area (TPSA) is 29.5 Å². The zero-order valence-electron chi connectivity index (χ0n) is 13.1. The molecule has 1 fully saturated rings. The number of ether oxygens (including phenoxy) is 1. The quantitative estimate of drug-likeness (QED) is 0.553. The van der Waals surface area contributed by atoms with Gasteiger partial charge in [-0.05, 0) is 48.4 Å². The molecule has 0 radical (unpaired) electrons. The summed E-state index contributed by atoms with van der Waals surface area (Å²) in [5.74, 6) is 0.634. The van der Waals surface area contributed by atoms with Gasteiger partial charge in [0, 0.05) is 5.02 Å². The molecule has 0 bridgehead atoms. The average molecular weight is 376 g/mol. The van der Waals surface area contributed by atoms with Gasteiger partial charge in [-0.1, -0.05) is 53.8 Å². The minimum atomic E-state index is -0.138. The number of halogens is 1. The normalized spacial score (nSPS) is 16.1. The molecule has 0 aliphatic carbocycles. The molecule has 0 aromatic heterocycles. The summed E-state index contributed by atoms with van der Waals surface area (Å²) in [4.78, 5) is 14.8. The molecule has 0 atom stereocenters. The van der Waals surface area contributed by atoms with Gasteiger partial charge in [0.25, 0.3) is 5.91 Å². The summed E-state index contributed by atoms with van der Waals surface area (Å²) in [6.45, 7) is 1.92. The molecule has 3 rings (SSSR count). The van der Waals surface area contributed by atoms with Crippen molar-refractivity contribution in [3.63, 3.8) is 0 Å². The average Bonchev–Trinajstić information content (AvgIpc) is 2.85. The summed E-state index contributed by atoms with van der Waals surface area (Å²) in [6, 6.07) is 13.0. The van der Waals surface area contributed by atoms with Crippen LogP contribution in [0.2, 0.25) is 5.02 Å². The van der Waals surface area contributed by atoms with Crippen LogP contribution in [0.5, 0.6) is 5.75 Å². The van der Waals surface area contributed by atoms with E-state index >= 15 is 0 Å². The zero-order chi connectivity index (χ0) is 17.3. The number of methoxy groups -OCH3 is 1. The van der Waals surface area contributed by atoms with Crippen LogP contribution in [0.4, 0.5) is 5.69 Å². The lowest BCUT2D eigenvalue weighted by Gasteiger charge is -2.15. The predicted molar refractivity (Wildman–Crippen MR) is 105 cm³/mol. The zero-order valence-corrected chi connectivity index (χ0v) is 15.5. The van der Waals surface area contributed by atoms with Gasteiger partial charge in [0.05, 0.1) is 17.7 Å². The lowest BCUT2D eigenvalue weighted by atomic mass is 10.2. The molecular weight excluding hydrogens is 362 g/mol. The number of hydrogen-bond donors (Lipinski definition) is 0. The third kappa shape index (κ3) is 3.34. The van der Waals surface area contributed by atoms with E-state index in [1.54, 1.807) is 13.2 Å². The summed E-state index contributed by atoms with van der Waals surface area (Å²) in [5, 5.41) is 0.612. The van der Waals surface area contributed by atoms with Crippen molar-refractivity contribution in [1.29, 1.82) is 0 Å². The van der Waals surface area contributed by atoms with Gasteiger partial charge >= 0.3 is 0 Å². The number of thiocarbonyl (C=S) groups is 1. The lowest BCUT2D eigenvalue weighted by molar-refractivity contribution is -0.113. The fraction of sp³-hybridized carbons (Fsp3) is 0.111. The van der Waals surface area contributed by atoms with E-state index in [9.17, 15) is 4.79 Å². The van der Waals surface area contributed by atoms with Crippen LogP contribution in [-0.2, 0) is 4.79 Å². The first-order chi connectivity index (χ1) is 11.5. The van der Waals surface area contributed by atoms with Gasteiger partial charge in [0.2, 0.25) is 0 Å². The van der Waals surface area contributed by atoms with Crippen molar-refractivity contribution in [1.82, 2.24) is 0 Å². The summed E-state index contributed by atoms with van der Waals surface area (Å²) in [6.07, 6.45) is 1.83. The fourth-order valence-corrected chi connectivity index (χ4v) is 3.74. The molecule has 1 heterocycles. The molecule has 24 heavy (non-hydrogen) atoms. The van der Waals surface area contributed by atoms with Crippen LogP contribution in [0.15, 0.2) is 47.4 Å². The Morgan fingerprint density at radius 3 is 2.54 bits per heavy atom. The van der Waals surface area contributed by atoms with Crippen LogP contribution >= 0.6 is 35.6 Å². The molecule has 1 amide bonds. The minimum absolute atomic E-state index is 0.138. The maximum absolute atomic E-state index is 12.7. The highest BCUT2D eigenvalue weighted by molar-refractivity contribution is 8.27. The molecule has 122 valence electrons. The molecule has 2 aromatic rings. The summed E-state index contributed by atoms with van der Waals surface area (Å²) in [5.41, 5.74) is 2.56. The Balaban J connectivity index is 1.90. The smallest absolute Gasteiger partial charge is 0.270 e. The maximum Gasteiger partial charge on any atom is 0.270 e. The largest absolute Gasteiger partial charge is 0.497 e. The standard InChI is InChI=1S/C18H14ClNO2S2/c1-11-3-6-13(10-15(11)19)20-17(21)16(24-18(20)23)9-12-4-7-14(22-2)8-5-12/h3-10H,1-2H3. The molecule has 3 nitrogen and oxygen atoms in total. The fourth-order valence-electron chi connectivity index (χ4n) is 2.26. The number of aryl methyl sites for hydroxylation is 1. The van der Waals surface area contributed by atoms with Crippen molar-refractivity contribution in [2.75, 3.05) is 12.0 Å². The van der Waals surface area contributed by atoms with Crippen LogP contribution in [-0.4, -0.2) is 17.3 Å². The molecule has 2 aromatic carbocycles. The van der Waals surface area contributed by atoms with E-state index in [1.807, 2.05) is 49.4 Å². The van der Waals surface area contributed by atoms with Crippen LogP contribution < -0.4 is 9.64 Å². The minimum Gasteiger partial charge on any atom is -0.497 e. The number of carbonyl (C=O) groups is 1. The second-order valence-electron chi connectivity index (χ2n) is 5.22. The molecule has 1 saturated heterocycles. The van der Waals surface area contributed by atoms with E-state index in [0.29, 0.717) is 19.9 Å². The van der Waals surface area contributed by atoms with Gasteiger partial charge in [-0.3, -0.25) is 9.69 Å². The van der Waals surface area contributed by atoms with Crippen molar-refractivity contribution >= 4 is 57.6 Å². The summed E-state index contributed by atoms with van der Waals surface area (Å²) in [7, 11) is 1.62. The van der Waals surface area contributed by atoms with E-state index in [-0.39, 0.29) is 5.91 Å². The molecule has 1 aliphatic rings. The first-order valence-corrected chi connectivity index (χ1v) is 8.78. The Bertz CT molecular complexity index is 847. The monoisotopic (exact) mass is 375 g/mol. The van der Waals surface area contributed by atoms with Crippen LogP contribution in [0.1, 0.15) is 11.1 Å². The molecule has 0 spiro atoms. The van der Waals surface area contributed by atoms with Gasteiger partial charge in [-0.15, -0.1) is 0 Å². The Labute approximate surface area is 155 Å². The van der Waals surface area contributed by atoms with Gasteiger partial charge in [-0.2, -0.15) is 0 Å². The molecule has 0 unspecified atom stereocenters. The molecule has 0 saturated carbocycles. The highest BCUT2D eigenvalue weighted by atomic mass is 35.5. The maximum atomic E-state index is 12.7. The Morgan fingerprint density at radius 2 is 1.92 bits per heavy atom. The van der Waals surface area contributed by atoms with Crippen molar-refractivity contribution in [3.05, 3.63) is 63.5 Å². The number of amides is 1. The Morgan fingerprint density at radius 1 is 1.21 bits per heavy atom. The Hall–Kier alpha value is -1.82. The molecule has 6 heteroatoms. The number of carbonyl (C=O) groups excluding carboxylic acids is 1. The van der Waals surface area contributed by atoms with E-state index in [2.05, 4.69) is 0 Å². The summed E-state index contributed by atoms with van der Waals surface area (Å²) >= 11 is 12.8. The lowest BCUT2D eigenvalue weighted by Crippen LogP contribution is -2.27. The highest BCUT2D eigenvalue weighted by Crippen LogP contribution is 2.37. The van der Waals surface area contributed by atoms with Crippen LogP contribution in [0, 0.1) is 6.92 Å². The van der Waals surface area contributed by atoms with Crippen molar-refractivity contribution in [2.24, 2.45) is 0 Å². The van der Waals surface area contributed by atoms with E-state index in [0.717, 1.165) is 16.9 Å². The van der Waals surface area contributed by atoms with Crippen LogP contribution in [0.3, 0.4) is 0 Å².